The third-order valence-electron chi connectivity index (χ3n) is 1.18. The van der Waals surface area contributed by atoms with Crippen molar-refractivity contribution in [1.82, 2.24) is 10.2 Å². The number of carbonyl (C=O) groups is 2. The van der Waals surface area contributed by atoms with E-state index in [-0.39, 0.29) is 0 Å². The lowest BCUT2D eigenvalue weighted by atomic mass is 10.3. The summed E-state index contributed by atoms with van der Waals surface area (Å²) in [5.74, 6) is -1.26. The van der Waals surface area contributed by atoms with Crippen LogP contribution in [0.25, 0.3) is 0 Å². The number of nitrogens with one attached hydrogen (secondary N) is 1. The van der Waals surface area contributed by atoms with Crippen molar-refractivity contribution < 1.29 is 19.8 Å². The first-order valence-corrected chi connectivity index (χ1v) is 3.30. The molecule has 0 rings (SSSR count). The van der Waals surface area contributed by atoms with E-state index in [0.717, 1.165) is 0 Å². The molecule has 12 heavy (non-hydrogen) atoms. The number of aliphatic hydroxyl groups is 1. The van der Waals surface area contributed by atoms with Crippen LogP contribution in [0.15, 0.2) is 0 Å². The van der Waals surface area contributed by atoms with Crippen molar-refractivity contribution in [2.24, 2.45) is 0 Å². The van der Waals surface area contributed by atoms with Gasteiger partial charge >= 0.3 is 12.0 Å². The number of hydrogen-bond donors (Lipinski definition) is 3. The number of carboxylic acids is 1. The molecule has 0 aliphatic heterocycles. The summed E-state index contributed by atoms with van der Waals surface area (Å²) in [6.45, 7) is -0.616. The van der Waals surface area contributed by atoms with E-state index in [2.05, 4.69) is 5.32 Å². The van der Waals surface area contributed by atoms with Crippen LogP contribution >= 0.6 is 0 Å². The second-order valence-corrected chi connectivity index (χ2v) is 2.42. The predicted molar refractivity (Wildman–Crippen MR) is 40.7 cm³/mol. The number of amides is 2. The third kappa shape index (κ3) is 3.20. The van der Waals surface area contributed by atoms with E-state index in [0.29, 0.717) is 0 Å². The molecule has 6 heteroatoms. The van der Waals surface area contributed by atoms with Gasteiger partial charge in [-0.3, -0.25) is 0 Å². The van der Waals surface area contributed by atoms with Crippen LogP contribution in [-0.2, 0) is 4.79 Å². The van der Waals surface area contributed by atoms with Gasteiger partial charge in [0.2, 0.25) is 0 Å². The van der Waals surface area contributed by atoms with Gasteiger partial charge in [-0.1, -0.05) is 0 Å². The SMILES string of the molecule is CN(C)C(=O)N[C@H](CO)C(=O)O. The maximum atomic E-state index is 10.9. The summed E-state index contributed by atoms with van der Waals surface area (Å²) >= 11 is 0. The fraction of sp³-hybridized carbons (Fsp3) is 0.667. The van der Waals surface area contributed by atoms with Gasteiger partial charge in [0.25, 0.3) is 0 Å². The summed E-state index contributed by atoms with van der Waals surface area (Å²) in [7, 11) is 2.96. The molecule has 0 saturated heterocycles. The van der Waals surface area contributed by atoms with Crippen LogP contribution in [0.2, 0.25) is 0 Å². The Balaban J connectivity index is 4.03. The summed E-state index contributed by atoms with van der Waals surface area (Å²) in [4.78, 5) is 22.3. The summed E-state index contributed by atoms with van der Waals surface area (Å²) in [5, 5.41) is 19.0. The molecule has 0 aromatic heterocycles. The highest BCUT2D eigenvalue weighted by molar-refractivity contribution is 5.82. The van der Waals surface area contributed by atoms with Crippen LogP contribution < -0.4 is 5.32 Å². The fourth-order valence-electron chi connectivity index (χ4n) is 0.464. The van der Waals surface area contributed by atoms with Gasteiger partial charge in [-0.2, -0.15) is 0 Å². The molecule has 0 radical (unpaired) electrons. The van der Waals surface area contributed by atoms with Gasteiger partial charge in [0.1, 0.15) is 0 Å². The van der Waals surface area contributed by atoms with E-state index in [1.807, 2.05) is 0 Å². The molecule has 0 heterocycles. The number of carbonyl (C=O) groups excluding carboxylic acids is 1. The van der Waals surface area contributed by atoms with Crippen LogP contribution in [0.5, 0.6) is 0 Å². The van der Waals surface area contributed by atoms with Gasteiger partial charge < -0.3 is 20.4 Å². The predicted octanol–water partition coefficient (Wildman–Crippen LogP) is -1.30. The first kappa shape index (κ1) is 10.7. The van der Waals surface area contributed by atoms with Crippen molar-refractivity contribution >= 4 is 12.0 Å². The van der Waals surface area contributed by atoms with Crippen LogP contribution in [-0.4, -0.2) is 53.9 Å². The van der Waals surface area contributed by atoms with Gasteiger partial charge in [-0.15, -0.1) is 0 Å². The van der Waals surface area contributed by atoms with Crippen LogP contribution in [0.4, 0.5) is 4.79 Å². The van der Waals surface area contributed by atoms with Crippen LogP contribution in [0, 0.1) is 0 Å². The summed E-state index contributed by atoms with van der Waals surface area (Å²) < 4.78 is 0. The van der Waals surface area contributed by atoms with Crippen molar-refractivity contribution in [3.05, 3.63) is 0 Å². The maximum absolute atomic E-state index is 10.9. The number of urea groups is 1. The molecular formula is C6H12N2O4. The Hall–Kier alpha value is -1.30. The number of aliphatic carboxylic acids is 1. The van der Waals surface area contributed by atoms with Gasteiger partial charge in [0.15, 0.2) is 6.04 Å². The first-order chi connectivity index (χ1) is 5.49. The quantitative estimate of drug-likeness (QED) is 0.498. The molecule has 3 N–H and O–H groups in total. The van der Waals surface area contributed by atoms with Gasteiger partial charge in [0, 0.05) is 14.1 Å². The summed E-state index contributed by atoms with van der Waals surface area (Å²) in [5.41, 5.74) is 0. The summed E-state index contributed by atoms with van der Waals surface area (Å²) in [6.07, 6.45) is 0. The lowest BCUT2D eigenvalue weighted by Gasteiger charge is -2.15. The van der Waals surface area contributed by atoms with Crippen molar-refractivity contribution in [3.8, 4) is 0 Å². The van der Waals surface area contributed by atoms with Gasteiger partial charge in [-0.05, 0) is 0 Å². The molecule has 2 amide bonds. The minimum atomic E-state index is -1.26. The second-order valence-electron chi connectivity index (χ2n) is 2.42. The molecule has 0 aliphatic rings. The first-order valence-electron chi connectivity index (χ1n) is 3.30. The standard InChI is InChI=1S/C6H12N2O4/c1-8(2)6(12)7-4(3-9)5(10)11/h4,9H,3H2,1-2H3,(H,7,12)(H,10,11)/t4-/m1/s1. The molecule has 6 nitrogen and oxygen atoms in total. The Kier molecular flexibility index (Phi) is 4.06. The normalized spacial score (nSPS) is 11.9. The van der Waals surface area contributed by atoms with Crippen molar-refractivity contribution in [3.63, 3.8) is 0 Å². The monoisotopic (exact) mass is 176 g/mol. The van der Waals surface area contributed by atoms with Gasteiger partial charge in [-0.25, -0.2) is 9.59 Å². The molecule has 70 valence electrons. The molecule has 0 fully saturated rings. The molecule has 1 atom stereocenters. The average Bonchev–Trinajstić information content (AvgIpc) is 1.98. The van der Waals surface area contributed by atoms with Crippen LogP contribution in [0.3, 0.4) is 0 Å². The molecule has 0 bridgehead atoms. The molecule has 0 spiro atoms. The molecular weight excluding hydrogens is 164 g/mol. The molecule has 0 saturated carbocycles. The third-order valence-corrected chi connectivity index (χ3v) is 1.18. The minimum Gasteiger partial charge on any atom is -0.480 e. The number of rotatable bonds is 3. The van der Waals surface area contributed by atoms with Gasteiger partial charge in [0.05, 0.1) is 6.61 Å². The second kappa shape index (κ2) is 4.55. The lowest BCUT2D eigenvalue weighted by molar-refractivity contribution is -0.140. The summed E-state index contributed by atoms with van der Waals surface area (Å²) in [6, 6.07) is -1.78. The van der Waals surface area contributed by atoms with Crippen molar-refractivity contribution in [1.29, 1.82) is 0 Å². The van der Waals surface area contributed by atoms with E-state index >= 15 is 0 Å². The van der Waals surface area contributed by atoms with E-state index in [1.54, 1.807) is 0 Å². The molecule has 0 aliphatic carbocycles. The van der Waals surface area contributed by atoms with E-state index < -0.39 is 24.6 Å². The molecule has 0 aromatic carbocycles. The number of carboxylic acid groups (broad SMARTS) is 1. The number of aliphatic hydroxyl groups excluding tert-OH is 1. The zero-order valence-electron chi connectivity index (χ0n) is 6.94. The Morgan fingerprint density at radius 3 is 2.25 bits per heavy atom. The zero-order chi connectivity index (χ0) is 9.72. The highest BCUT2D eigenvalue weighted by atomic mass is 16.4. The van der Waals surface area contributed by atoms with E-state index in [9.17, 15) is 9.59 Å². The topological polar surface area (TPSA) is 89.9 Å². The molecule has 0 aromatic rings. The Morgan fingerprint density at radius 1 is 1.50 bits per heavy atom. The Labute approximate surface area is 69.8 Å². The Bertz CT molecular complexity index is 180. The van der Waals surface area contributed by atoms with Crippen LogP contribution in [0.1, 0.15) is 0 Å². The Morgan fingerprint density at radius 2 is 2.00 bits per heavy atom. The number of hydrogen-bond acceptors (Lipinski definition) is 3. The zero-order valence-corrected chi connectivity index (χ0v) is 6.94. The van der Waals surface area contributed by atoms with E-state index in [1.165, 1.54) is 19.0 Å². The minimum absolute atomic E-state index is 0.545. The fourth-order valence-corrected chi connectivity index (χ4v) is 0.464. The lowest BCUT2D eigenvalue weighted by Crippen LogP contribution is -2.47. The van der Waals surface area contributed by atoms with Crippen molar-refractivity contribution in [2.75, 3.05) is 20.7 Å². The van der Waals surface area contributed by atoms with E-state index in [4.69, 9.17) is 10.2 Å². The highest BCUT2D eigenvalue weighted by Gasteiger charge is 2.18. The highest BCUT2D eigenvalue weighted by Crippen LogP contribution is 1.85. The average molecular weight is 176 g/mol. The largest absolute Gasteiger partial charge is 0.480 e. The molecule has 0 unspecified atom stereocenters. The smallest absolute Gasteiger partial charge is 0.328 e. The van der Waals surface area contributed by atoms with Crippen molar-refractivity contribution in [2.45, 2.75) is 6.04 Å². The maximum Gasteiger partial charge on any atom is 0.328 e. The number of nitrogens with zero attached hydrogens (tertiary/aromatic N) is 1.